The van der Waals surface area contributed by atoms with Crippen LogP contribution in [0.25, 0.3) is 21.7 Å². The predicted molar refractivity (Wildman–Crippen MR) is 455 cm³/mol. The minimum Gasteiger partial charge on any atom is -0.497 e. The summed E-state index contributed by atoms with van der Waals surface area (Å²) in [6, 6.07) is 7.94. The maximum atomic E-state index is 15.5. The van der Waals surface area contributed by atoms with Gasteiger partial charge in [0.15, 0.2) is 0 Å². The van der Waals surface area contributed by atoms with Gasteiger partial charge in [0.1, 0.15) is 72.2 Å². The van der Waals surface area contributed by atoms with Crippen LogP contribution in [-0.2, 0) is 101 Å². The summed E-state index contributed by atoms with van der Waals surface area (Å²) in [6.07, 6.45) is -3.47. The Morgan fingerprint density at radius 3 is 1.39 bits per heavy atom. The van der Waals surface area contributed by atoms with E-state index >= 15 is 24.0 Å². The van der Waals surface area contributed by atoms with E-state index in [-0.39, 0.29) is 69.9 Å². The van der Waals surface area contributed by atoms with Crippen LogP contribution in [0.5, 0.6) is 5.75 Å². The molecule has 5 aromatic rings. The van der Waals surface area contributed by atoms with E-state index in [1.165, 1.54) is 41.7 Å². The predicted octanol–water partition coefficient (Wildman–Crippen LogP) is -1.35. The zero-order chi connectivity index (χ0) is 90.2. The summed E-state index contributed by atoms with van der Waals surface area (Å²) in [6.45, 7) is 13.1. The average molecular weight is 1720 g/mol. The van der Waals surface area contributed by atoms with Gasteiger partial charge < -0.3 is 107 Å². The number of methoxy groups -OCH3 is 1. The number of carbonyl (C=O) groups is 17. The number of amides is 17. The third kappa shape index (κ3) is 34.0. The van der Waals surface area contributed by atoms with Crippen molar-refractivity contribution in [2.45, 2.75) is 234 Å². The quantitative estimate of drug-likeness (QED) is 0.0158. The Balaban J connectivity index is 1.54. The molecule has 0 saturated heterocycles. The van der Waals surface area contributed by atoms with Crippen LogP contribution >= 0.6 is 25.3 Å². The van der Waals surface area contributed by atoms with Crippen LogP contribution < -0.4 is 96.8 Å². The number of benzene rings is 4. The van der Waals surface area contributed by atoms with E-state index < -0.39 is 209 Å². The summed E-state index contributed by atoms with van der Waals surface area (Å²) in [7, 11) is 1.43. The van der Waals surface area contributed by atoms with E-state index in [1.807, 2.05) is 32.0 Å². The van der Waals surface area contributed by atoms with Crippen LogP contribution in [0, 0.1) is 5.92 Å². The third-order valence-electron chi connectivity index (χ3n) is 19.4. The number of nitrogens with one attached hydrogen (secondary N) is 14. The standard InChI is InChI=1S/C82H116N18O19S2/c1-43(2)22-29-56(72(110)91-55(21-15-16-35-87-45(4)102)71(109)96-62(41-66(86)107)70(108)88-36-34-65(85)106)92-75(113)60(39-48-23-26-49-17-11-12-18-50(49)37-48)95-76(114)59(38-47-24-27-52(119-10)28-25-47)98-80(118)69(82(8,9)121)100-74(112)58(31-33-64(84)105)93-77(115)61(40-51-42-89-54-20-14-13-19-53(51)54)97-78(116)67(44(3)101)99-73(111)57(30-32-63(83)104)94-79(117)68(81(6,7)120)90-46(5)103/h11-14,17-20,23-28,37,42-44,55-62,67-69,89,101,120-121H,15-16,21-22,29-36,38-41H2,1-10H3,(H2,83,104)(H2,84,105)(H2,85,106)(H2,86,107)(H,87,102)(H,88,108)(H,90,103)(H,91,110)(H,92,113)(H,93,115)(H,94,117)(H,95,114)(H,96,109)(H,97,116)(H,98,118)(H,99,111)(H,100,112)/t44-,55+,56+,57+,58+,59+,60+,61+,62+,67+,68-,69-/m1/s1. The molecule has 0 aliphatic rings. The van der Waals surface area contributed by atoms with Crippen molar-refractivity contribution in [1.82, 2.24) is 74.1 Å². The van der Waals surface area contributed by atoms with Crippen molar-refractivity contribution in [1.29, 1.82) is 0 Å². The topological polar surface area (TPSA) is 596 Å². The van der Waals surface area contributed by atoms with Gasteiger partial charge in [-0.25, -0.2) is 0 Å². The highest BCUT2D eigenvalue weighted by atomic mass is 32.1. The summed E-state index contributed by atoms with van der Waals surface area (Å²) in [5.41, 5.74) is 23.8. The summed E-state index contributed by atoms with van der Waals surface area (Å²) in [5.74, 6) is -15.3. The zero-order valence-corrected chi connectivity index (χ0v) is 71.3. The number of aliphatic hydroxyl groups excluding tert-OH is 1. The Morgan fingerprint density at radius 2 is 0.868 bits per heavy atom. The molecule has 0 fully saturated rings. The van der Waals surface area contributed by atoms with E-state index in [0.29, 0.717) is 46.2 Å². The number of nitrogens with two attached hydrogens (primary N) is 4. The fraction of sp³-hybridized carbons (Fsp3) is 0.500. The van der Waals surface area contributed by atoms with Gasteiger partial charge in [-0.3, -0.25) is 81.5 Å². The van der Waals surface area contributed by atoms with Crippen LogP contribution in [-0.4, -0.2) is 213 Å². The monoisotopic (exact) mass is 1720 g/mol. The highest BCUT2D eigenvalue weighted by Crippen LogP contribution is 2.25. The molecule has 4 aromatic carbocycles. The summed E-state index contributed by atoms with van der Waals surface area (Å²) in [5, 5.41) is 47.0. The molecule has 39 heteroatoms. The Kier molecular flexibility index (Phi) is 39.4. The number of ether oxygens (including phenoxy) is 1. The third-order valence-corrected chi connectivity index (χ3v) is 19.9. The zero-order valence-electron chi connectivity index (χ0n) is 69.6. The lowest BCUT2D eigenvalue weighted by molar-refractivity contribution is -0.137. The highest BCUT2D eigenvalue weighted by molar-refractivity contribution is 7.82. The van der Waals surface area contributed by atoms with Crippen molar-refractivity contribution in [3.63, 3.8) is 0 Å². The van der Waals surface area contributed by atoms with E-state index in [4.69, 9.17) is 40.3 Å². The molecular formula is C82H116N18O19S2. The first-order chi connectivity index (χ1) is 56.8. The number of hydrogen-bond donors (Lipinski definition) is 21. The van der Waals surface area contributed by atoms with Gasteiger partial charge in [-0.2, -0.15) is 25.3 Å². The molecule has 121 heavy (non-hydrogen) atoms. The second-order valence-corrected chi connectivity index (χ2v) is 33.5. The van der Waals surface area contributed by atoms with Gasteiger partial charge in [0, 0.05) is 92.1 Å². The number of unbranched alkanes of at least 4 members (excludes halogenated alkanes) is 1. The number of para-hydroxylation sites is 1. The minimum absolute atomic E-state index is 0.0479. The van der Waals surface area contributed by atoms with Crippen LogP contribution in [0.1, 0.15) is 150 Å². The van der Waals surface area contributed by atoms with Gasteiger partial charge in [-0.05, 0) is 131 Å². The molecular weight excluding hydrogens is 1610 g/mol. The van der Waals surface area contributed by atoms with Crippen molar-refractivity contribution < 1.29 is 91.4 Å². The number of fused-ring (bicyclic) bond motifs is 2. The first-order valence-electron chi connectivity index (χ1n) is 39.6. The van der Waals surface area contributed by atoms with E-state index in [2.05, 4.69) is 86.7 Å². The largest absolute Gasteiger partial charge is 0.497 e. The Morgan fingerprint density at radius 1 is 0.421 bits per heavy atom. The average Bonchev–Trinajstić information content (AvgIpc) is 1.63. The molecule has 0 saturated carbocycles. The molecule has 5 rings (SSSR count). The number of thiol groups is 2. The molecule has 37 nitrogen and oxygen atoms in total. The number of aromatic amines is 1. The second kappa shape index (κ2) is 47.8. The fourth-order valence-corrected chi connectivity index (χ4v) is 13.2. The number of primary amides is 4. The number of aromatic nitrogens is 1. The second-order valence-electron chi connectivity index (χ2n) is 31.2. The molecule has 0 spiro atoms. The van der Waals surface area contributed by atoms with Crippen molar-refractivity contribution in [3.05, 3.63) is 114 Å². The fourth-order valence-electron chi connectivity index (χ4n) is 12.8. The van der Waals surface area contributed by atoms with E-state index in [0.717, 1.165) is 24.6 Å². The maximum Gasteiger partial charge on any atom is 0.245 e. The highest BCUT2D eigenvalue weighted by Gasteiger charge is 2.42. The van der Waals surface area contributed by atoms with Gasteiger partial charge in [0.25, 0.3) is 0 Å². The first kappa shape index (κ1) is 99.7. The summed E-state index contributed by atoms with van der Waals surface area (Å²) >= 11 is 9.19. The van der Waals surface area contributed by atoms with Gasteiger partial charge >= 0.3 is 0 Å². The lowest BCUT2D eigenvalue weighted by atomic mass is 9.97. The normalized spacial score (nSPS) is 14.4. The van der Waals surface area contributed by atoms with E-state index in [1.54, 1.807) is 79.0 Å². The maximum absolute atomic E-state index is 15.5. The Hall–Kier alpha value is -11.9. The first-order valence-corrected chi connectivity index (χ1v) is 40.5. The molecule has 0 aliphatic heterocycles. The summed E-state index contributed by atoms with van der Waals surface area (Å²) < 4.78 is 2.59. The molecule has 23 N–H and O–H groups in total. The van der Waals surface area contributed by atoms with Gasteiger partial charge in [0.2, 0.25) is 100 Å². The van der Waals surface area contributed by atoms with Gasteiger partial charge in [-0.1, -0.05) is 86.6 Å². The van der Waals surface area contributed by atoms with Crippen molar-refractivity contribution in [3.8, 4) is 5.75 Å². The molecule has 1 heterocycles. The number of rotatable bonds is 51. The Labute approximate surface area is 712 Å². The molecule has 0 aliphatic carbocycles. The van der Waals surface area contributed by atoms with Crippen LogP contribution in [0.15, 0.2) is 97.2 Å². The van der Waals surface area contributed by atoms with Crippen LogP contribution in [0.3, 0.4) is 0 Å². The SMILES string of the molecule is COc1ccc(C[C@H](NC(=O)[C@@H](NC(=O)[C@H](CCC(N)=O)NC(=O)[C@H](Cc2c[nH]c3ccccc23)NC(=O)[C@@H](NC(=O)[C@H](CCC(N)=O)NC(=O)[C@@H](NC(C)=O)C(C)(C)S)[C@@H](C)O)C(C)(C)S)C(=O)N[C@@H](Cc2ccc3ccccc3c2)C(=O)N[C@@H](CCC(C)C)C(=O)N[C@@H](CCCCNC(C)=O)C(=O)N[C@@H](CC(N)=O)C(=O)NCCC(N)=O)cc1. The van der Waals surface area contributed by atoms with Crippen LogP contribution in [0.4, 0.5) is 0 Å². The van der Waals surface area contributed by atoms with Crippen molar-refractivity contribution >= 4 is 147 Å². The number of hydrogen-bond acceptors (Lipinski definition) is 21. The Bertz CT molecular complexity index is 4510. The number of H-pyrrole nitrogens is 1. The van der Waals surface area contributed by atoms with Crippen molar-refractivity contribution in [2.24, 2.45) is 28.9 Å². The molecule has 0 bridgehead atoms. The molecule has 660 valence electrons. The smallest absolute Gasteiger partial charge is 0.245 e. The number of carbonyl (C=O) groups excluding carboxylic acids is 17. The molecule has 12 atom stereocenters. The lowest BCUT2D eigenvalue weighted by Gasteiger charge is -2.33. The van der Waals surface area contributed by atoms with Crippen molar-refractivity contribution in [2.75, 3.05) is 20.2 Å². The minimum atomic E-state index is -1.93. The van der Waals surface area contributed by atoms with Crippen LogP contribution in [0.2, 0.25) is 0 Å². The molecule has 0 radical (unpaired) electrons. The summed E-state index contributed by atoms with van der Waals surface area (Å²) in [4.78, 5) is 237. The molecule has 17 amide bonds. The lowest BCUT2D eigenvalue weighted by Crippen LogP contribution is -2.64. The van der Waals surface area contributed by atoms with Gasteiger partial charge in [-0.15, -0.1) is 0 Å². The molecule has 1 aromatic heterocycles. The number of aliphatic hydroxyl groups is 1. The van der Waals surface area contributed by atoms with Gasteiger partial charge in [0.05, 0.1) is 19.6 Å². The van der Waals surface area contributed by atoms with E-state index in [9.17, 15) is 62.6 Å². The molecule has 0 unspecified atom stereocenters.